The maximum atomic E-state index is 5.49. The van der Waals surface area contributed by atoms with E-state index in [1.165, 1.54) is 5.56 Å². The van der Waals surface area contributed by atoms with Crippen molar-refractivity contribution in [2.75, 3.05) is 20.3 Å². The molecule has 0 saturated carbocycles. The predicted octanol–water partition coefficient (Wildman–Crippen LogP) is 2.32. The van der Waals surface area contributed by atoms with E-state index in [1.54, 1.807) is 7.11 Å². The molecular weight excluding hydrogens is 232 g/mol. The van der Waals surface area contributed by atoms with Gasteiger partial charge in [0.2, 0.25) is 0 Å². The molecule has 0 spiro atoms. The van der Waals surface area contributed by atoms with E-state index in [-0.39, 0.29) is 5.60 Å². The SMILES string of the molecule is COC1(c2ccccc2Br)COC1. The average molecular weight is 243 g/mol. The molecule has 0 unspecified atom stereocenters. The summed E-state index contributed by atoms with van der Waals surface area (Å²) in [5.41, 5.74) is 0.948. The van der Waals surface area contributed by atoms with Crippen molar-refractivity contribution >= 4 is 15.9 Å². The van der Waals surface area contributed by atoms with Crippen molar-refractivity contribution in [3.63, 3.8) is 0 Å². The van der Waals surface area contributed by atoms with Gasteiger partial charge >= 0.3 is 0 Å². The maximum absolute atomic E-state index is 5.49. The second-order valence-electron chi connectivity index (χ2n) is 3.17. The monoisotopic (exact) mass is 242 g/mol. The minimum atomic E-state index is -0.222. The molecule has 1 aromatic carbocycles. The van der Waals surface area contributed by atoms with Gasteiger partial charge < -0.3 is 9.47 Å². The summed E-state index contributed by atoms with van der Waals surface area (Å²) in [4.78, 5) is 0. The molecule has 0 amide bonds. The fourth-order valence-corrected chi connectivity index (χ4v) is 2.15. The van der Waals surface area contributed by atoms with Gasteiger partial charge in [0.05, 0.1) is 13.2 Å². The molecule has 0 bridgehead atoms. The molecule has 2 rings (SSSR count). The first kappa shape index (κ1) is 9.19. The third kappa shape index (κ3) is 1.41. The number of hydrogen-bond donors (Lipinski definition) is 0. The van der Waals surface area contributed by atoms with Gasteiger partial charge in [0, 0.05) is 17.1 Å². The average Bonchev–Trinajstić information content (AvgIpc) is 2.07. The van der Waals surface area contributed by atoms with Crippen LogP contribution < -0.4 is 0 Å². The van der Waals surface area contributed by atoms with Crippen LogP contribution in [0.5, 0.6) is 0 Å². The Morgan fingerprint density at radius 1 is 1.38 bits per heavy atom. The second kappa shape index (κ2) is 3.40. The van der Waals surface area contributed by atoms with Gasteiger partial charge in [0.15, 0.2) is 0 Å². The van der Waals surface area contributed by atoms with Crippen LogP contribution in [-0.2, 0) is 15.1 Å². The quantitative estimate of drug-likeness (QED) is 0.793. The van der Waals surface area contributed by atoms with E-state index in [0.717, 1.165) is 4.47 Å². The van der Waals surface area contributed by atoms with E-state index < -0.39 is 0 Å². The largest absolute Gasteiger partial charge is 0.375 e. The minimum absolute atomic E-state index is 0.222. The first-order chi connectivity index (χ1) is 6.28. The molecule has 1 heterocycles. The van der Waals surface area contributed by atoms with Crippen molar-refractivity contribution in [1.29, 1.82) is 0 Å². The number of hydrogen-bond acceptors (Lipinski definition) is 2. The Morgan fingerprint density at radius 2 is 2.08 bits per heavy atom. The number of halogens is 1. The molecule has 0 radical (unpaired) electrons. The number of ether oxygens (including phenoxy) is 2. The van der Waals surface area contributed by atoms with Crippen molar-refractivity contribution < 1.29 is 9.47 Å². The topological polar surface area (TPSA) is 18.5 Å². The predicted molar refractivity (Wildman–Crippen MR) is 53.6 cm³/mol. The number of rotatable bonds is 2. The first-order valence-corrected chi connectivity index (χ1v) is 4.96. The highest BCUT2D eigenvalue weighted by Crippen LogP contribution is 2.36. The summed E-state index contributed by atoms with van der Waals surface area (Å²) in [5.74, 6) is 0. The van der Waals surface area contributed by atoms with Crippen LogP contribution in [-0.4, -0.2) is 20.3 Å². The van der Waals surface area contributed by atoms with E-state index in [9.17, 15) is 0 Å². The van der Waals surface area contributed by atoms with Crippen molar-refractivity contribution in [3.05, 3.63) is 34.3 Å². The van der Waals surface area contributed by atoms with E-state index >= 15 is 0 Å². The molecule has 13 heavy (non-hydrogen) atoms. The molecule has 0 aromatic heterocycles. The van der Waals surface area contributed by atoms with Crippen LogP contribution in [0.2, 0.25) is 0 Å². The van der Waals surface area contributed by atoms with E-state index in [4.69, 9.17) is 9.47 Å². The number of benzene rings is 1. The van der Waals surface area contributed by atoms with Gasteiger partial charge in [-0.3, -0.25) is 0 Å². The van der Waals surface area contributed by atoms with Crippen LogP contribution in [0.1, 0.15) is 5.56 Å². The minimum Gasteiger partial charge on any atom is -0.375 e. The third-order valence-corrected chi connectivity index (χ3v) is 3.12. The van der Waals surface area contributed by atoms with Crippen molar-refractivity contribution in [2.45, 2.75) is 5.60 Å². The lowest BCUT2D eigenvalue weighted by Gasteiger charge is -2.40. The molecule has 1 aliphatic heterocycles. The molecule has 2 nitrogen and oxygen atoms in total. The number of methoxy groups -OCH3 is 1. The summed E-state index contributed by atoms with van der Waals surface area (Å²) < 4.78 is 11.8. The van der Waals surface area contributed by atoms with Crippen LogP contribution in [0, 0.1) is 0 Å². The Bertz CT molecular complexity index is 302. The zero-order valence-electron chi connectivity index (χ0n) is 7.42. The molecule has 0 atom stereocenters. The van der Waals surface area contributed by atoms with Crippen LogP contribution in [0.3, 0.4) is 0 Å². The zero-order valence-corrected chi connectivity index (χ0v) is 9.00. The second-order valence-corrected chi connectivity index (χ2v) is 4.03. The summed E-state index contributed by atoms with van der Waals surface area (Å²) in [5, 5.41) is 0. The lowest BCUT2D eigenvalue weighted by Crippen LogP contribution is -2.48. The van der Waals surface area contributed by atoms with Crippen molar-refractivity contribution in [1.82, 2.24) is 0 Å². The maximum Gasteiger partial charge on any atom is 0.140 e. The Balaban J connectivity index is 2.38. The molecule has 1 fully saturated rings. The highest BCUT2D eigenvalue weighted by Gasteiger charge is 2.41. The summed E-state index contributed by atoms with van der Waals surface area (Å²) in [6.45, 7) is 1.29. The summed E-state index contributed by atoms with van der Waals surface area (Å²) in [7, 11) is 1.72. The molecular formula is C10H11BrO2. The Labute approximate surface area is 86.0 Å². The highest BCUT2D eigenvalue weighted by molar-refractivity contribution is 9.10. The van der Waals surface area contributed by atoms with E-state index in [1.807, 2.05) is 18.2 Å². The Morgan fingerprint density at radius 3 is 2.54 bits per heavy atom. The van der Waals surface area contributed by atoms with Crippen LogP contribution in [0.15, 0.2) is 28.7 Å². The van der Waals surface area contributed by atoms with Crippen molar-refractivity contribution in [3.8, 4) is 0 Å². The van der Waals surface area contributed by atoms with Crippen molar-refractivity contribution in [2.24, 2.45) is 0 Å². The van der Waals surface area contributed by atoms with E-state index in [0.29, 0.717) is 13.2 Å². The van der Waals surface area contributed by atoms with Crippen LogP contribution in [0.25, 0.3) is 0 Å². The lowest BCUT2D eigenvalue weighted by molar-refractivity contribution is -0.203. The van der Waals surface area contributed by atoms with Gasteiger partial charge in [-0.25, -0.2) is 0 Å². The summed E-state index contributed by atoms with van der Waals surface area (Å²) >= 11 is 3.51. The fourth-order valence-electron chi connectivity index (χ4n) is 1.50. The van der Waals surface area contributed by atoms with Gasteiger partial charge in [-0.15, -0.1) is 0 Å². The third-order valence-electron chi connectivity index (χ3n) is 2.43. The normalized spacial score (nSPS) is 19.5. The molecule has 70 valence electrons. The fraction of sp³-hybridized carbons (Fsp3) is 0.400. The summed E-state index contributed by atoms with van der Waals surface area (Å²) in [6.07, 6.45) is 0. The standard InChI is InChI=1S/C10H11BrO2/c1-12-10(6-13-7-10)8-4-2-3-5-9(8)11/h2-5H,6-7H2,1H3. The van der Waals surface area contributed by atoms with Crippen LogP contribution >= 0.6 is 15.9 Å². The van der Waals surface area contributed by atoms with Crippen LogP contribution in [0.4, 0.5) is 0 Å². The smallest absolute Gasteiger partial charge is 0.140 e. The van der Waals surface area contributed by atoms with Gasteiger partial charge in [0.1, 0.15) is 5.60 Å². The molecule has 1 aliphatic rings. The first-order valence-electron chi connectivity index (χ1n) is 4.16. The molecule has 1 saturated heterocycles. The Kier molecular flexibility index (Phi) is 2.41. The molecule has 1 aromatic rings. The van der Waals surface area contributed by atoms with E-state index in [2.05, 4.69) is 22.0 Å². The van der Waals surface area contributed by atoms with Gasteiger partial charge in [-0.1, -0.05) is 34.1 Å². The summed E-state index contributed by atoms with van der Waals surface area (Å²) in [6, 6.07) is 8.10. The van der Waals surface area contributed by atoms with Gasteiger partial charge in [-0.05, 0) is 6.07 Å². The molecule has 0 aliphatic carbocycles. The zero-order chi connectivity index (χ0) is 9.31. The Hall–Kier alpha value is -0.380. The van der Waals surface area contributed by atoms with Gasteiger partial charge in [-0.2, -0.15) is 0 Å². The van der Waals surface area contributed by atoms with Gasteiger partial charge in [0.25, 0.3) is 0 Å². The molecule has 0 N–H and O–H groups in total. The highest BCUT2D eigenvalue weighted by atomic mass is 79.9. The molecule has 3 heteroatoms. The lowest BCUT2D eigenvalue weighted by atomic mass is 9.92.